The van der Waals surface area contributed by atoms with Crippen LogP contribution in [0, 0.1) is 11.3 Å². The molecule has 2 aromatic heterocycles. The summed E-state index contributed by atoms with van der Waals surface area (Å²) in [5.74, 6) is 2.00. The molecule has 0 bridgehead atoms. The maximum Gasteiger partial charge on any atom is 0.233 e. The molecule has 1 aromatic carbocycles. The van der Waals surface area contributed by atoms with Crippen LogP contribution in [0.25, 0.3) is 11.5 Å². The Labute approximate surface area is 127 Å². The van der Waals surface area contributed by atoms with Gasteiger partial charge in [-0.3, -0.25) is 0 Å². The number of ether oxygens (including phenoxy) is 1. The van der Waals surface area contributed by atoms with E-state index in [1.807, 2.05) is 36.4 Å². The molecule has 0 aliphatic rings. The molecule has 0 saturated heterocycles. The maximum atomic E-state index is 9.20. The molecule has 0 radical (unpaired) electrons. The number of nitriles is 1. The lowest BCUT2D eigenvalue weighted by molar-refractivity contribution is 0.414. The van der Waals surface area contributed by atoms with E-state index in [2.05, 4.69) is 10.3 Å². The number of nitrogens with one attached hydrogen (secondary N) is 1. The second kappa shape index (κ2) is 6.06. The maximum absolute atomic E-state index is 9.20. The molecule has 110 valence electrons. The average Bonchev–Trinajstić information content (AvgIpc) is 3.22. The summed E-state index contributed by atoms with van der Waals surface area (Å²) >= 11 is 0. The molecule has 22 heavy (non-hydrogen) atoms. The lowest BCUT2D eigenvalue weighted by Gasteiger charge is -2.04. The van der Waals surface area contributed by atoms with E-state index in [4.69, 9.17) is 13.6 Å². The fourth-order valence-corrected chi connectivity index (χ4v) is 2.03. The molecule has 0 fully saturated rings. The van der Waals surface area contributed by atoms with Gasteiger partial charge in [0.05, 0.1) is 25.5 Å². The number of rotatable bonds is 5. The van der Waals surface area contributed by atoms with Gasteiger partial charge in [0, 0.05) is 0 Å². The van der Waals surface area contributed by atoms with Crippen molar-refractivity contribution in [2.75, 3.05) is 12.4 Å². The number of oxazole rings is 1. The van der Waals surface area contributed by atoms with E-state index in [0.717, 1.165) is 5.76 Å². The molecule has 0 atom stereocenters. The van der Waals surface area contributed by atoms with E-state index in [1.54, 1.807) is 19.4 Å². The highest BCUT2D eigenvalue weighted by Gasteiger charge is 2.17. The van der Waals surface area contributed by atoms with Crippen LogP contribution in [0.1, 0.15) is 11.5 Å². The number of hydrogen-bond acceptors (Lipinski definition) is 6. The van der Waals surface area contributed by atoms with Crippen molar-refractivity contribution in [1.82, 2.24) is 4.98 Å². The van der Waals surface area contributed by atoms with E-state index in [9.17, 15) is 5.26 Å². The Kier molecular flexibility index (Phi) is 3.79. The second-order valence-corrected chi connectivity index (χ2v) is 4.44. The average molecular weight is 295 g/mol. The van der Waals surface area contributed by atoms with Gasteiger partial charge in [0.1, 0.15) is 17.6 Å². The molecular weight excluding hydrogens is 282 g/mol. The van der Waals surface area contributed by atoms with Crippen LogP contribution in [0.4, 0.5) is 5.88 Å². The van der Waals surface area contributed by atoms with Gasteiger partial charge in [0.25, 0.3) is 0 Å². The van der Waals surface area contributed by atoms with E-state index in [-0.39, 0.29) is 5.69 Å². The highest BCUT2D eigenvalue weighted by atomic mass is 16.5. The first-order valence-corrected chi connectivity index (χ1v) is 6.62. The lowest BCUT2D eigenvalue weighted by atomic mass is 10.2. The summed E-state index contributed by atoms with van der Waals surface area (Å²) in [6.07, 6.45) is 1.59. The Balaban J connectivity index is 1.89. The Bertz CT molecular complexity index is 800. The molecule has 0 spiro atoms. The van der Waals surface area contributed by atoms with Crippen molar-refractivity contribution in [3.63, 3.8) is 0 Å². The largest absolute Gasteiger partial charge is 0.496 e. The molecule has 0 unspecified atom stereocenters. The van der Waals surface area contributed by atoms with E-state index in [1.165, 1.54) is 0 Å². The van der Waals surface area contributed by atoms with Crippen LogP contribution in [-0.2, 0) is 6.54 Å². The van der Waals surface area contributed by atoms with Crippen LogP contribution in [0.5, 0.6) is 5.75 Å². The third-order valence-corrected chi connectivity index (χ3v) is 3.07. The van der Waals surface area contributed by atoms with Crippen LogP contribution < -0.4 is 10.1 Å². The fourth-order valence-electron chi connectivity index (χ4n) is 2.03. The molecular formula is C16H13N3O3. The third-order valence-electron chi connectivity index (χ3n) is 3.07. The molecule has 0 aliphatic heterocycles. The number of anilines is 1. The normalized spacial score (nSPS) is 10.2. The van der Waals surface area contributed by atoms with Crippen LogP contribution >= 0.6 is 0 Å². The summed E-state index contributed by atoms with van der Waals surface area (Å²) in [7, 11) is 1.57. The van der Waals surface area contributed by atoms with Crippen molar-refractivity contribution in [3.8, 4) is 23.3 Å². The Morgan fingerprint density at radius 3 is 2.86 bits per heavy atom. The quantitative estimate of drug-likeness (QED) is 0.776. The number of hydrogen-bond donors (Lipinski definition) is 1. The second-order valence-electron chi connectivity index (χ2n) is 4.44. The van der Waals surface area contributed by atoms with Gasteiger partial charge < -0.3 is 18.9 Å². The van der Waals surface area contributed by atoms with Crippen molar-refractivity contribution in [1.29, 1.82) is 5.26 Å². The van der Waals surface area contributed by atoms with Crippen molar-refractivity contribution in [2.24, 2.45) is 0 Å². The van der Waals surface area contributed by atoms with E-state index >= 15 is 0 Å². The van der Waals surface area contributed by atoms with Crippen molar-refractivity contribution in [2.45, 2.75) is 6.54 Å². The van der Waals surface area contributed by atoms with Crippen LogP contribution in [-0.4, -0.2) is 12.1 Å². The molecule has 0 amide bonds. The summed E-state index contributed by atoms with van der Waals surface area (Å²) in [5.41, 5.74) is 0.875. The van der Waals surface area contributed by atoms with Crippen molar-refractivity contribution < 1.29 is 13.6 Å². The van der Waals surface area contributed by atoms with Crippen LogP contribution in [0.15, 0.2) is 51.5 Å². The van der Waals surface area contributed by atoms with Gasteiger partial charge >= 0.3 is 0 Å². The van der Waals surface area contributed by atoms with Gasteiger partial charge in [-0.25, -0.2) is 0 Å². The highest BCUT2D eigenvalue weighted by Crippen LogP contribution is 2.32. The minimum absolute atomic E-state index is 0.187. The van der Waals surface area contributed by atoms with Gasteiger partial charge in [-0.2, -0.15) is 10.2 Å². The number of methoxy groups -OCH3 is 1. The zero-order valence-corrected chi connectivity index (χ0v) is 11.9. The highest BCUT2D eigenvalue weighted by molar-refractivity contribution is 5.65. The Hall–Kier alpha value is -3.20. The molecule has 6 heteroatoms. The molecule has 6 nitrogen and oxygen atoms in total. The minimum atomic E-state index is 0.187. The standard InChI is InChI=1S/C16H13N3O3/c1-20-14-7-3-2-6-12(14)15-19-13(9-17)16(22-15)18-10-11-5-4-8-21-11/h2-8,18H,10H2,1H3. The SMILES string of the molecule is COc1ccccc1-c1nc(C#N)c(NCc2ccco2)o1. The topological polar surface area (TPSA) is 84.2 Å². The smallest absolute Gasteiger partial charge is 0.233 e. The van der Waals surface area contributed by atoms with Gasteiger partial charge in [-0.15, -0.1) is 0 Å². The predicted molar refractivity (Wildman–Crippen MR) is 79.2 cm³/mol. The number of nitrogens with zero attached hydrogens (tertiary/aromatic N) is 2. The number of aromatic nitrogens is 1. The molecule has 1 N–H and O–H groups in total. The molecule has 3 aromatic rings. The number of para-hydroxylation sites is 1. The Morgan fingerprint density at radius 1 is 1.27 bits per heavy atom. The summed E-state index contributed by atoms with van der Waals surface area (Å²) < 4.78 is 16.2. The lowest BCUT2D eigenvalue weighted by Crippen LogP contribution is -1.98. The first-order valence-electron chi connectivity index (χ1n) is 6.62. The zero-order chi connectivity index (χ0) is 15.4. The zero-order valence-electron chi connectivity index (χ0n) is 11.9. The van der Waals surface area contributed by atoms with E-state index in [0.29, 0.717) is 29.6 Å². The van der Waals surface area contributed by atoms with Crippen molar-refractivity contribution in [3.05, 3.63) is 54.1 Å². The molecule has 0 aliphatic carbocycles. The van der Waals surface area contributed by atoms with Crippen LogP contribution in [0.2, 0.25) is 0 Å². The van der Waals surface area contributed by atoms with Gasteiger partial charge in [0.15, 0.2) is 0 Å². The van der Waals surface area contributed by atoms with Crippen LogP contribution in [0.3, 0.4) is 0 Å². The summed E-state index contributed by atoms with van der Waals surface area (Å²) in [5, 5.41) is 12.2. The first-order chi connectivity index (χ1) is 10.8. The molecule has 3 rings (SSSR count). The first kappa shape index (κ1) is 13.8. The van der Waals surface area contributed by atoms with E-state index < -0.39 is 0 Å². The van der Waals surface area contributed by atoms with Crippen molar-refractivity contribution >= 4 is 5.88 Å². The predicted octanol–water partition coefficient (Wildman–Crippen LogP) is 3.43. The summed E-state index contributed by atoms with van der Waals surface area (Å²) in [6.45, 7) is 0.405. The summed E-state index contributed by atoms with van der Waals surface area (Å²) in [6, 6.07) is 13.0. The molecule has 0 saturated carbocycles. The van der Waals surface area contributed by atoms with Gasteiger partial charge in [-0.05, 0) is 24.3 Å². The monoisotopic (exact) mass is 295 g/mol. The third kappa shape index (κ3) is 2.65. The minimum Gasteiger partial charge on any atom is -0.496 e. The Morgan fingerprint density at radius 2 is 2.14 bits per heavy atom. The van der Waals surface area contributed by atoms with Gasteiger partial charge in [0.2, 0.25) is 17.5 Å². The number of furan rings is 1. The summed E-state index contributed by atoms with van der Waals surface area (Å²) in [4.78, 5) is 4.21. The van der Waals surface area contributed by atoms with Gasteiger partial charge in [-0.1, -0.05) is 12.1 Å². The molecule has 2 heterocycles. The fraction of sp³-hybridized carbons (Fsp3) is 0.125. The number of benzene rings is 1.